The Morgan fingerprint density at radius 3 is 2.56 bits per heavy atom. The first kappa shape index (κ1) is 19.6. The molecule has 0 spiro atoms. The van der Waals surface area contributed by atoms with Crippen molar-refractivity contribution in [3.63, 3.8) is 0 Å². The SMILES string of the molecule is CCC(=O)N1c2ccccc2Sc2c1cccc2-n1c2c(c3ccccc31)CN(C)CC2. The van der Waals surface area contributed by atoms with E-state index in [2.05, 4.69) is 71.1 Å². The summed E-state index contributed by atoms with van der Waals surface area (Å²) in [7, 11) is 2.19. The smallest absolute Gasteiger partial charge is 0.231 e. The molecular weight excluding hydrogens is 414 g/mol. The molecule has 1 amide bonds. The Balaban J connectivity index is 1.63. The standard InChI is InChI=1S/C27H25N3OS/c1-3-26(31)30-22-11-6-7-14-25(22)32-27-23(12-8-13-24(27)30)29-20-10-5-4-9-18(20)19-17-28(2)16-15-21(19)29/h4-14H,3,15-17H2,1-2H3. The minimum Gasteiger partial charge on any atom is -0.312 e. The molecule has 0 atom stereocenters. The summed E-state index contributed by atoms with van der Waals surface area (Å²) >= 11 is 1.77. The molecule has 4 aromatic rings. The number of carbonyl (C=O) groups excluding carboxylic acids is 1. The fourth-order valence-electron chi connectivity index (χ4n) is 5.08. The molecule has 3 heterocycles. The Morgan fingerprint density at radius 2 is 1.69 bits per heavy atom. The average Bonchev–Trinajstić information content (AvgIpc) is 3.15. The third-order valence-corrected chi connectivity index (χ3v) is 7.76. The number of benzene rings is 3. The van der Waals surface area contributed by atoms with Crippen molar-refractivity contribution in [3.05, 3.63) is 78.0 Å². The Hall–Kier alpha value is -3.02. The second-order valence-corrected chi connectivity index (χ2v) is 9.60. The second-order valence-electron chi connectivity index (χ2n) is 8.54. The molecule has 160 valence electrons. The lowest BCUT2D eigenvalue weighted by Crippen LogP contribution is -2.28. The molecule has 0 aliphatic carbocycles. The van der Waals surface area contributed by atoms with Gasteiger partial charge in [0.15, 0.2) is 0 Å². The van der Waals surface area contributed by atoms with Crippen LogP contribution in [0.3, 0.4) is 0 Å². The molecule has 0 saturated heterocycles. The monoisotopic (exact) mass is 439 g/mol. The molecular formula is C27H25N3OS. The molecule has 2 aliphatic rings. The van der Waals surface area contributed by atoms with Gasteiger partial charge in [0.1, 0.15) is 0 Å². The summed E-state index contributed by atoms with van der Waals surface area (Å²) in [6.07, 6.45) is 1.49. The summed E-state index contributed by atoms with van der Waals surface area (Å²) in [5.74, 6) is 0.122. The highest BCUT2D eigenvalue weighted by Crippen LogP contribution is 2.51. The molecule has 0 unspecified atom stereocenters. The van der Waals surface area contributed by atoms with Crippen LogP contribution in [0.4, 0.5) is 11.4 Å². The van der Waals surface area contributed by atoms with Crippen LogP contribution in [-0.4, -0.2) is 29.0 Å². The van der Waals surface area contributed by atoms with Crippen LogP contribution in [-0.2, 0) is 17.8 Å². The van der Waals surface area contributed by atoms with E-state index in [1.165, 1.54) is 22.2 Å². The molecule has 0 bridgehead atoms. The van der Waals surface area contributed by atoms with E-state index in [1.54, 1.807) is 11.8 Å². The topological polar surface area (TPSA) is 28.5 Å². The number of hydrogen-bond donors (Lipinski definition) is 0. The predicted molar refractivity (Wildman–Crippen MR) is 131 cm³/mol. The largest absolute Gasteiger partial charge is 0.312 e. The fourth-order valence-corrected chi connectivity index (χ4v) is 6.24. The number of aromatic nitrogens is 1. The molecule has 4 nitrogen and oxygen atoms in total. The number of rotatable bonds is 2. The highest BCUT2D eigenvalue weighted by atomic mass is 32.2. The van der Waals surface area contributed by atoms with Gasteiger partial charge < -0.3 is 9.47 Å². The van der Waals surface area contributed by atoms with Crippen LogP contribution in [0, 0.1) is 0 Å². The van der Waals surface area contributed by atoms with Gasteiger partial charge in [0.25, 0.3) is 0 Å². The summed E-state index contributed by atoms with van der Waals surface area (Å²) in [5, 5.41) is 1.33. The number of likely N-dealkylation sites (N-methyl/N-ethyl adjacent to an activating group) is 1. The van der Waals surface area contributed by atoms with Crippen LogP contribution in [0.15, 0.2) is 76.5 Å². The van der Waals surface area contributed by atoms with Crippen LogP contribution in [0.25, 0.3) is 16.6 Å². The van der Waals surface area contributed by atoms with Gasteiger partial charge in [0, 0.05) is 41.9 Å². The van der Waals surface area contributed by atoms with Crippen molar-refractivity contribution in [1.29, 1.82) is 0 Å². The lowest BCUT2D eigenvalue weighted by molar-refractivity contribution is -0.117. The predicted octanol–water partition coefficient (Wildman–Crippen LogP) is 6.16. The van der Waals surface area contributed by atoms with Gasteiger partial charge in [-0.25, -0.2) is 0 Å². The molecule has 6 rings (SSSR count). The van der Waals surface area contributed by atoms with Crippen LogP contribution in [0.5, 0.6) is 0 Å². The van der Waals surface area contributed by atoms with Gasteiger partial charge in [-0.1, -0.05) is 55.1 Å². The Labute approximate surface area is 192 Å². The number of fused-ring (bicyclic) bond motifs is 5. The van der Waals surface area contributed by atoms with Gasteiger partial charge in [0.05, 0.1) is 27.5 Å². The number of amides is 1. The molecule has 2 aliphatic heterocycles. The zero-order chi connectivity index (χ0) is 21.8. The van der Waals surface area contributed by atoms with Crippen molar-refractivity contribution >= 4 is 39.9 Å². The summed E-state index contributed by atoms with van der Waals surface area (Å²) in [5.41, 5.74) is 7.19. The van der Waals surface area contributed by atoms with E-state index < -0.39 is 0 Å². The van der Waals surface area contributed by atoms with Crippen LogP contribution in [0.1, 0.15) is 24.6 Å². The molecule has 5 heteroatoms. The number of para-hydroxylation sites is 2. The van der Waals surface area contributed by atoms with E-state index in [-0.39, 0.29) is 5.91 Å². The highest BCUT2D eigenvalue weighted by Gasteiger charge is 2.31. The van der Waals surface area contributed by atoms with Gasteiger partial charge in [-0.3, -0.25) is 9.69 Å². The highest BCUT2D eigenvalue weighted by molar-refractivity contribution is 8.00. The van der Waals surface area contributed by atoms with Crippen molar-refractivity contribution in [2.45, 2.75) is 36.1 Å². The summed E-state index contributed by atoms with van der Waals surface area (Å²) < 4.78 is 2.45. The van der Waals surface area contributed by atoms with Crippen LogP contribution >= 0.6 is 11.8 Å². The molecule has 3 aromatic carbocycles. The zero-order valence-corrected chi connectivity index (χ0v) is 19.2. The van der Waals surface area contributed by atoms with E-state index in [9.17, 15) is 4.79 Å². The Morgan fingerprint density at radius 1 is 0.938 bits per heavy atom. The summed E-state index contributed by atoms with van der Waals surface area (Å²) in [4.78, 5) is 19.7. The lowest BCUT2D eigenvalue weighted by atomic mass is 10.1. The fraction of sp³-hybridized carbons (Fsp3) is 0.222. The number of hydrogen-bond acceptors (Lipinski definition) is 3. The first-order chi connectivity index (χ1) is 15.7. The van der Waals surface area contributed by atoms with Crippen LogP contribution in [0.2, 0.25) is 0 Å². The van der Waals surface area contributed by atoms with Crippen molar-refractivity contribution < 1.29 is 4.79 Å². The van der Waals surface area contributed by atoms with Crippen molar-refractivity contribution in [1.82, 2.24) is 9.47 Å². The van der Waals surface area contributed by atoms with Crippen molar-refractivity contribution in [3.8, 4) is 5.69 Å². The minimum atomic E-state index is 0.122. The van der Waals surface area contributed by atoms with E-state index in [1.807, 2.05) is 24.0 Å². The van der Waals surface area contributed by atoms with E-state index in [0.717, 1.165) is 46.4 Å². The Bertz CT molecular complexity index is 1370. The maximum absolute atomic E-state index is 13.1. The number of nitrogens with zero attached hydrogens (tertiary/aromatic N) is 3. The maximum atomic E-state index is 13.1. The third kappa shape index (κ3) is 2.85. The quantitative estimate of drug-likeness (QED) is 0.375. The van der Waals surface area contributed by atoms with Gasteiger partial charge in [0.2, 0.25) is 5.91 Å². The minimum absolute atomic E-state index is 0.122. The van der Waals surface area contributed by atoms with E-state index >= 15 is 0 Å². The van der Waals surface area contributed by atoms with E-state index in [4.69, 9.17) is 0 Å². The Kier molecular flexibility index (Phi) is 4.63. The van der Waals surface area contributed by atoms with Gasteiger partial charge in [-0.15, -0.1) is 0 Å². The molecule has 32 heavy (non-hydrogen) atoms. The summed E-state index contributed by atoms with van der Waals surface area (Å²) in [6.45, 7) is 3.95. The van der Waals surface area contributed by atoms with Gasteiger partial charge >= 0.3 is 0 Å². The number of carbonyl (C=O) groups is 1. The average molecular weight is 440 g/mol. The zero-order valence-electron chi connectivity index (χ0n) is 18.3. The normalized spacial score (nSPS) is 15.4. The first-order valence-electron chi connectivity index (χ1n) is 11.2. The van der Waals surface area contributed by atoms with Crippen molar-refractivity contribution in [2.75, 3.05) is 18.5 Å². The first-order valence-corrected chi connectivity index (χ1v) is 12.0. The molecule has 1 aromatic heterocycles. The van der Waals surface area contributed by atoms with Gasteiger partial charge in [-0.05, 0) is 42.9 Å². The number of anilines is 2. The van der Waals surface area contributed by atoms with Gasteiger partial charge in [-0.2, -0.15) is 0 Å². The van der Waals surface area contributed by atoms with E-state index in [0.29, 0.717) is 6.42 Å². The molecule has 0 saturated carbocycles. The van der Waals surface area contributed by atoms with Crippen molar-refractivity contribution in [2.24, 2.45) is 0 Å². The maximum Gasteiger partial charge on any atom is 0.231 e. The van der Waals surface area contributed by atoms with Crippen LogP contribution < -0.4 is 4.90 Å². The molecule has 0 N–H and O–H groups in total. The third-order valence-electron chi connectivity index (χ3n) is 6.57. The molecule has 0 fully saturated rings. The molecule has 0 radical (unpaired) electrons. The second kappa shape index (κ2) is 7.54. The lowest BCUT2D eigenvalue weighted by Gasteiger charge is -2.33. The summed E-state index contributed by atoms with van der Waals surface area (Å²) in [6, 6.07) is 23.3.